The second kappa shape index (κ2) is 9.64. The first-order chi connectivity index (χ1) is 12.7. The molecule has 0 aliphatic carbocycles. The van der Waals surface area contributed by atoms with Crippen LogP contribution in [0.2, 0.25) is 0 Å². The Morgan fingerprint density at radius 3 is 2.81 bits per heavy atom. The van der Waals surface area contributed by atoms with E-state index in [-0.39, 0.29) is 12.0 Å². The molecular formula is C21H25NO3S. The highest BCUT2D eigenvalue weighted by Crippen LogP contribution is 2.24. The average Bonchev–Trinajstić information content (AvgIpc) is 3.20. The van der Waals surface area contributed by atoms with Crippen LogP contribution in [0.15, 0.2) is 59.5 Å². The number of amides is 1. The molecule has 2 aromatic carbocycles. The third-order valence-electron chi connectivity index (χ3n) is 4.42. The number of thioether (sulfide) groups is 1. The van der Waals surface area contributed by atoms with Crippen LogP contribution in [0.1, 0.15) is 18.4 Å². The van der Waals surface area contributed by atoms with E-state index in [0.29, 0.717) is 18.8 Å². The Morgan fingerprint density at radius 2 is 2.08 bits per heavy atom. The highest BCUT2D eigenvalue weighted by atomic mass is 32.2. The largest absolute Gasteiger partial charge is 0.497 e. The zero-order valence-electron chi connectivity index (χ0n) is 15.1. The summed E-state index contributed by atoms with van der Waals surface area (Å²) in [6.07, 6.45) is 2.27. The zero-order chi connectivity index (χ0) is 18.2. The van der Waals surface area contributed by atoms with E-state index >= 15 is 0 Å². The monoisotopic (exact) mass is 371 g/mol. The van der Waals surface area contributed by atoms with Crippen LogP contribution in [-0.2, 0) is 16.1 Å². The summed E-state index contributed by atoms with van der Waals surface area (Å²) in [5.74, 6) is 1.35. The number of hydrogen-bond donors (Lipinski definition) is 0. The third kappa shape index (κ3) is 5.51. The summed E-state index contributed by atoms with van der Waals surface area (Å²) in [5, 5.41) is 0. The predicted molar refractivity (Wildman–Crippen MR) is 105 cm³/mol. The maximum absolute atomic E-state index is 12.9. The molecule has 3 rings (SSSR count). The van der Waals surface area contributed by atoms with Gasteiger partial charge in [-0.25, -0.2) is 0 Å². The van der Waals surface area contributed by atoms with Crippen molar-refractivity contribution in [3.63, 3.8) is 0 Å². The van der Waals surface area contributed by atoms with Crippen LogP contribution in [0, 0.1) is 0 Å². The van der Waals surface area contributed by atoms with Crippen LogP contribution in [0.4, 0.5) is 0 Å². The number of hydrogen-bond acceptors (Lipinski definition) is 4. The van der Waals surface area contributed by atoms with Crippen LogP contribution >= 0.6 is 11.8 Å². The van der Waals surface area contributed by atoms with Crippen LogP contribution in [0.25, 0.3) is 0 Å². The van der Waals surface area contributed by atoms with E-state index in [1.54, 1.807) is 18.9 Å². The second-order valence-corrected chi connectivity index (χ2v) is 7.41. The van der Waals surface area contributed by atoms with Crippen molar-refractivity contribution >= 4 is 17.7 Å². The van der Waals surface area contributed by atoms with Gasteiger partial charge in [0.1, 0.15) is 5.75 Å². The first-order valence-corrected chi connectivity index (χ1v) is 9.93. The van der Waals surface area contributed by atoms with Gasteiger partial charge in [0.25, 0.3) is 0 Å². The molecule has 0 spiro atoms. The first kappa shape index (κ1) is 18.8. The molecule has 4 nitrogen and oxygen atoms in total. The predicted octanol–water partition coefficient (Wildman–Crippen LogP) is 4.00. The van der Waals surface area contributed by atoms with Gasteiger partial charge >= 0.3 is 0 Å². The van der Waals surface area contributed by atoms with Crippen LogP contribution in [0.3, 0.4) is 0 Å². The fourth-order valence-electron chi connectivity index (χ4n) is 3.02. The fraction of sp³-hybridized carbons (Fsp3) is 0.381. The van der Waals surface area contributed by atoms with Crippen molar-refractivity contribution in [2.45, 2.75) is 30.4 Å². The summed E-state index contributed by atoms with van der Waals surface area (Å²) < 4.78 is 11.0. The molecule has 0 saturated carbocycles. The minimum Gasteiger partial charge on any atom is -0.497 e. The summed E-state index contributed by atoms with van der Waals surface area (Å²) in [4.78, 5) is 15.8. The van der Waals surface area contributed by atoms with E-state index in [9.17, 15) is 4.79 Å². The van der Waals surface area contributed by atoms with E-state index in [1.165, 1.54) is 0 Å². The topological polar surface area (TPSA) is 38.8 Å². The van der Waals surface area contributed by atoms with Crippen molar-refractivity contribution in [2.75, 3.05) is 26.0 Å². The number of carbonyl (C=O) groups is 1. The standard InChI is InChI=1S/C21H25NO3S/c1-24-18-9-5-11-20(13-18)26-16-21(23)22(15-19-10-6-12-25-19)14-17-7-3-2-4-8-17/h2-5,7-9,11,13,19H,6,10,12,14-16H2,1H3. The van der Waals surface area contributed by atoms with E-state index in [1.807, 2.05) is 47.4 Å². The number of benzene rings is 2. The van der Waals surface area contributed by atoms with E-state index < -0.39 is 0 Å². The smallest absolute Gasteiger partial charge is 0.233 e. The minimum absolute atomic E-state index is 0.136. The van der Waals surface area contributed by atoms with Crippen molar-refractivity contribution in [1.82, 2.24) is 4.90 Å². The maximum atomic E-state index is 12.9. The van der Waals surface area contributed by atoms with Gasteiger partial charge in [-0.1, -0.05) is 36.4 Å². The molecule has 1 fully saturated rings. The third-order valence-corrected chi connectivity index (χ3v) is 5.40. The number of methoxy groups -OCH3 is 1. The van der Waals surface area contributed by atoms with Gasteiger partial charge < -0.3 is 14.4 Å². The van der Waals surface area contributed by atoms with Gasteiger partial charge in [-0.15, -0.1) is 11.8 Å². The lowest BCUT2D eigenvalue weighted by Gasteiger charge is -2.25. The molecule has 1 aliphatic rings. The Hall–Kier alpha value is -1.98. The molecule has 138 valence electrons. The van der Waals surface area contributed by atoms with Gasteiger partial charge in [-0.2, -0.15) is 0 Å². The van der Waals surface area contributed by atoms with Crippen molar-refractivity contribution in [1.29, 1.82) is 0 Å². The quantitative estimate of drug-likeness (QED) is 0.658. The summed E-state index contributed by atoms with van der Waals surface area (Å²) in [5.41, 5.74) is 1.14. The Balaban J connectivity index is 1.62. The molecule has 26 heavy (non-hydrogen) atoms. The number of rotatable bonds is 8. The molecule has 2 aromatic rings. The normalized spacial score (nSPS) is 16.4. The average molecular weight is 372 g/mol. The molecule has 0 radical (unpaired) electrons. The van der Waals surface area contributed by atoms with E-state index in [2.05, 4.69) is 12.1 Å². The Bertz CT molecular complexity index is 701. The van der Waals surface area contributed by atoms with Gasteiger partial charge in [0.15, 0.2) is 0 Å². The van der Waals surface area contributed by atoms with Gasteiger partial charge in [-0.3, -0.25) is 4.79 Å². The summed E-state index contributed by atoms with van der Waals surface area (Å²) in [6.45, 7) is 2.08. The Morgan fingerprint density at radius 1 is 1.23 bits per heavy atom. The molecule has 1 heterocycles. The lowest BCUT2D eigenvalue weighted by Crippen LogP contribution is -2.38. The van der Waals surface area contributed by atoms with Crippen molar-refractivity contribution in [3.05, 3.63) is 60.2 Å². The number of ether oxygens (including phenoxy) is 2. The van der Waals surface area contributed by atoms with Crippen molar-refractivity contribution in [3.8, 4) is 5.75 Å². The van der Waals surface area contributed by atoms with Gasteiger partial charge in [-0.05, 0) is 36.6 Å². The maximum Gasteiger partial charge on any atom is 0.233 e. The molecule has 1 unspecified atom stereocenters. The SMILES string of the molecule is COc1cccc(SCC(=O)N(Cc2ccccc2)CC2CCCO2)c1. The number of nitrogens with zero attached hydrogens (tertiary/aromatic N) is 1. The molecule has 1 saturated heterocycles. The van der Waals surface area contributed by atoms with E-state index in [4.69, 9.17) is 9.47 Å². The zero-order valence-corrected chi connectivity index (χ0v) is 15.9. The van der Waals surface area contributed by atoms with E-state index in [0.717, 1.165) is 35.7 Å². The van der Waals surface area contributed by atoms with Crippen LogP contribution in [-0.4, -0.2) is 42.9 Å². The highest BCUT2D eigenvalue weighted by Gasteiger charge is 2.22. The van der Waals surface area contributed by atoms with Crippen molar-refractivity contribution < 1.29 is 14.3 Å². The highest BCUT2D eigenvalue weighted by molar-refractivity contribution is 8.00. The molecule has 5 heteroatoms. The minimum atomic E-state index is 0.136. The molecule has 0 aromatic heterocycles. The van der Waals surface area contributed by atoms with Crippen LogP contribution < -0.4 is 4.74 Å². The molecule has 1 amide bonds. The van der Waals surface area contributed by atoms with Gasteiger partial charge in [0, 0.05) is 24.6 Å². The summed E-state index contributed by atoms with van der Waals surface area (Å²) >= 11 is 1.54. The number of carbonyl (C=O) groups excluding carboxylic acids is 1. The lowest BCUT2D eigenvalue weighted by molar-refractivity contribution is -0.130. The fourth-order valence-corrected chi connectivity index (χ4v) is 3.87. The molecule has 0 bridgehead atoms. The molecule has 1 atom stereocenters. The second-order valence-electron chi connectivity index (χ2n) is 6.36. The Kier molecular flexibility index (Phi) is 6.97. The van der Waals surface area contributed by atoms with Crippen LogP contribution in [0.5, 0.6) is 5.75 Å². The van der Waals surface area contributed by atoms with Gasteiger partial charge in [0.2, 0.25) is 5.91 Å². The van der Waals surface area contributed by atoms with Gasteiger partial charge in [0.05, 0.1) is 19.0 Å². The summed E-state index contributed by atoms with van der Waals surface area (Å²) in [6, 6.07) is 17.9. The van der Waals surface area contributed by atoms with Crippen molar-refractivity contribution in [2.24, 2.45) is 0 Å². The summed E-state index contributed by atoms with van der Waals surface area (Å²) in [7, 11) is 1.65. The molecular weight excluding hydrogens is 346 g/mol. The Labute approximate surface area is 159 Å². The lowest BCUT2D eigenvalue weighted by atomic mass is 10.2. The first-order valence-electron chi connectivity index (χ1n) is 8.95. The molecule has 1 aliphatic heterocycles. The molecule has 0 N–H and O–H groups in total.